The SMILES string of the molecule is Nc1ccc2nc(N=Nc3nc4c(=O)[nH]c(N)nc4n3[C@@H]3O[C@H](CO)[C@@H](O)[C@H]3O)ccc2c1. The molecule has 4 heterocycles. The molecule has 1 aliphatic rings. The van der Waals surface area contributed by atoms with E-state index in [4.69, 9.17) is 16.2 Å². The molecule has 14 nitrogen and oxygen atoms in total. The number of azo groups is 1. The number of H-pyrrole nitrogens is 1. The van der Waals surface area contributed by atoms with Crippen LogP contribution in [-0.2, 0) is 4.74 Å². The second kappa shape index (κ2) is 7.86. The smallest absolute Gasteiger partial charge is 0.280 e. The summed E-state index contributed by atoms with van der Waals surface area (Å²) in [5.41, 5.74) is 11.9. The number of ether oxygens (including phenoxy) is 1. The maximum Gasteiger partial charge on any atom is 0.280 e. The zero-order valence-electron chi connectivity index (χ0n) is 16.9. The van der Waals surface area contributed by atoms with Gasteiger partial charge in [0.15, 0.2) is 23.2 Å². The van der Waals surface area contributed by atoms with Crippen molar-refractivity contribution in [2.45, 2.75) is 24.5 Å². The number of anilines is 2. The van der Waals surface area contributed by atoms with Crippen molar-refractivity contribution in [2.75, 3.05) is 18.1 Å². The van der Waals surface area contributed by atoms with Gasteiger partial charge in [-0.05, 0) is 30.3 Å². The molecule has 0 bridgehead atoms. The number of aromatic amines is 1. The van der Waals surface area contributed by atoms with Gasteiger partial charge in [0.25, 0.3) is 11.5 Å². The first-order valence-electron chi connectivity index (χ1n) is 9.84. The van der Waals surface area contributed by atoms with Crippen LogP contribution in [0, 0.1) is 0 Å². The Labute approximate surface area is 184 Å². The number of benzene rings is 1. The minimum Gasteiger partial charge on any atom is -0.399 e. The first-order chi connectivity index (χ1) is 15.9. The van der Waals surface area contributed by atoms with E-state index in [1.165, 1.54) is 4.57 Å². The number of hydrogen-bond acceptors (Lipinski definition) is 12. The summed E-state index contributed by atoms with van der Waals surface area (Å²) in [6.07, 6.45) is -5.20. The molecule has 3 aromatic heterocycles. The van der Waals surface area contributed by atoms with Crippen LogP contribution in [-0.4, -0.2) is 64.7 Å². The molecule has 33 heavy (non-hydrogen) atoms. The quantitative estimate of drug-likeness (QED) is 0.177. The molecule has 1 saturated heterocycles. The van der Waals surface area contributed by atoms with Crippen molar-refractivity contribution >= 4 is 45.5 Å². The molecule has 4 aromatic rings. The maximum absolute atomic E-state index is 12.4. The Morgan fingerprint density at radius 1 is 1.09 bits per heavy atom. The van der Waals surface area contributed by atoms with Gasteiger partial charge in [0.1, 0.15) is 18.3 Å². The predicted octanol–water partition coefficient (Wildman–Crippen LogP) is -0.141. The van der Waals surface area contributed by atoms with Gasteiger partial charge in [0.2, 0.25) is 5.95 Å². The molecule has 14 heteroatoms. The van der Waals surface area contributed by atoms with Gasteiger partial charge in [-0.2, -0.15) is 4.98 Å². The Morgan fingerprint density at radius 2 is 1.91 bits per heavy atom. The summed E-state index contributed by atoms with van der Waals surface area (Å²) in [4.78, 5) is 27.3. The Morgan fingerprint density at radius 3 is 2.67 bits per heavy atom. The summed E-state index contributed by atoms with van der Waals surface area (Å²) in [6, 6.07) is 8.61. The van der Waals surface area contributed by atoms with Crippen LogP contribution < -0.4 is 17.0 Å². The lowest BCUT2D eigenvalue weighted by atomic mass is 10.1. The molecule has 5 rings (SSSR count). The van der Waals surface area contributed by atoms with Crippen molar-refractivity contribution in [1.82, 2.24) is 24.5 Å². The van der Waals surface area contributed by atoms with Gasteiger partial charge in [0, 0.05) is 11.1 Å². The summed E-state index contributed by atoms with van der Waals surface area (Å²) < 4.78 is 6.77. The Bertz CT molecular complexity index is 1450. The number of aliphatic hydroxyl groups excluding tert-OH is 3. The van der Waals surface area contributed by atoms with Crippen LogP contribution in [0.5, 0.6) is 0 Å². The largest absolute Gasteiger partial charge is 0.399 e. The number of nitrogens with one attached hydrogen (secondary N) is 1. The van der Waals surface area contributed by atoms with Gasteiger partial charge in [-0.3, -0.25) is 14.3 Å². The Balaban J connectivity index is 1.62. The molecule has 0 radical (unpaired) electrons. The molecule has 0 saturated carbocycles. The molecule has 0 amide bonds. The van der Waals surface area contributed by atoms with E-state index in [1.807, 2.05) is 0 Å². The summed E-state index contributed by atoms with van der Waals surface area (Å²) in [5.74, 6) is -0.101. The van der Waals surface area contributed by atoms with Gasteiger partial charge in [0.05, 0.1) is 12.1 Å². The van der Waals surface area contributed by atoms with Gasteiger partial charge in [-0.25, -0.2) is 9.97 Å². The van der Waals surface area contributed by atoms with Crippen molar-refractivity contribution in [3.05, 3.63) is 40.7 Å². The van der Waals surface area contributed by atoms with Crippen molar-refractivity contribution < 1.29 is 20.1 Å². The van der Waals surface area contributed by atoms with Crippen LogP contribution in [0.2, 0.25) is 0 Å². The third-order valence-electron chi connectivity index (χ3n) is 5.26. The minimum absolute atomic E-state index is 0.0398. The van der Waals surface area contributed by atoms with Crippen LogP contribution in [0.1, 0.15) is 6.23 Å². The number of nitrogens with zero attached hydrogens (tertiary/aromatic N) is 6. The maximum atomic E-state index is 12.4. The second-order valence-corrected chi connectivity index (χ2v) is 7.46. The van der Waals surface area contributed by atoms with Gasteiger partial charge < -0.3 is 31.5 Å². The fourth-order valence-electron chi connectivity index (χ4n) is 3.67. The molecule has 170 valence electrons. The van der Waals surface area contributed by atoms with E-state index in [-0.39, 0.29) is 28.9 Å². The fourth-order valence-corrected chi connectivity index (χ4v) is 3.67. The van der Waals surface area contributed by atoms with Crippen molar-refractivity contribution in [3.63, 3.8) is 0 Å². The number of hydrogen-bond donors (Lipinski definition) is 6. The molecular weight excluding hydrogens is 434 g/mol. The van der Waals surface area contributed by atoms with Crippen LogP contribution in [0.4, 0.5) is 23.4 Å². The van der Waals surface area contributed by atoms with Gasteiger partial charge >= 0.3 is 0 Å². The summed E-state index contributed by atoms with van der Waals surface area (Å²) >= 11 is 0. The first-order valence-corrected chi connectivity index (χ1v) is 9.84. The highest BCUT2D eigenvalue weighted by molar-refractivity contribution is 5.83. The summed E-state index contributed by atoms with van der Waals surface area (Å²) in [6.45, 7) is -0.542. The molecule has 8 N–H and O–H groups in total. The number of nitrogen functional groups attached to an aromatic ring is 2. The molecule has 1 fully saturated rings. The third-order valence-corrected chi connectivity index (χ3v) is 5.26. The number of imidazole rings is 1. The van der Waals surface area contributed by atoms with Crippen LogP contribution in [0.25, 0.3) is 22.1 Å². The number of fused-ring (bicyclic) bond motifs is 2. The Hall–Kier alpha value is -3.98. The van der Waals surface area contributed by atoms with E-state index in [0.29, 0.717) is 11.2 Å². The lowest BCUT2D eigenvalue weighted by Gasteiger charge is -2.17. The van der Waals surface area contributed by atoms with E-state index in [9.17, 15) is 20.1 Å². The lowest BCUT2D eigenvalue weighted by molar-refractivity contribution is -0.0503. The minimum atomic E-state index is -1.47. The highest BCUT2D eigenvalue weighted by atomic mass is 16.6. The normalized spacial score (nSPS) is 23.2. The van der Waals surface area contributed by atoms with Crippen molar-refractivity contribution in [1.29, 1.82) is 0 Å². The monoisotopic (exact) mass is 453 g/mol. The van der Waals surface area contributed by atoms with E-state index in [1.54, 1.807) is 30.3 Å². The zero-order valence-corrected chi connectivity index (χ0v) is 16.9. The van der Waals surface area contributed by atoms with Crippen molar-refractivity contribution in [2.24, 2.45) is 10.2 Å². The fraction of sp³-hybridized carbons (Fsp3) is 0.263. The number of nitrogens with two attached hydrogens (primary N) is 2. The highest BCUT2D eigenvalue weighted by Crippen LogP contribution is 2.35. The molecular formula is C19H19N9O5. The Kier molecular flexibility index (Phi) is 4.98. The number of rotatable bonds is 4. The van der Waals surface area contributed by atoms with Crippen LogP contribution in [0.15, 0.2) is 45.4 Å². The van der Waals surface area contributed by atoms with E-state index in [2.05, 4.69) is 30.2 Å². The first kappa shape index (κ1) is 20.9. The predicted molar refractivity (Wildman–Crippen MR) is 116 cm³/mol. The van der Waals surface area contributed by atoms with E-state index < -0.39 is 36.7 Å². The standard InChI is InChI=1S/C19H19N9O5/c20-8-2-3-9-7(5-8)1-4-11(22-9)26-27-19-23-12-15(24-18(21)25-16(12)32)28(19)17-14(31)13(30)10(6-29)33-17/h1-5,10,13-14,17,29-31H,6,20H2,(H3,21,24,25,32)/t10-,13-,14-,17-/m1/s1. The molecule has 0 unspecified atom stereocenters. The average Bonchev–Trinajstić information content (AvgIpc) is 3.29. The summed E-state index contributed by atoms with van der Waals surface area (Å²) in [7, 11) is 0. The van der Waals surface area contributed by atoms with Gasteiger partial charge in [-0.1, -0.05) is 0 Å². The molecule has 4 atom stereocenters. The molecule has 0 aliphatic carbocycles. The summed E-state index contributed by atoms with van der Waals surface area (Å²) in [5, 5.41) is 39.1. The lowest BCUT2D eigenvalue weighted by Crippen LogP contribution is -2.33. The molecule has 0 spiro atoms. The number of aliphatic hydroxyl groups is 3. The number of pyridine rings is 1. The molecule has 1 aromatic carbocycles. The van der Waals surface area contributed by atoms with E-state index in [0.717, 1.165) is 5.39 Å². The second-order valence-electron chi connectivity index (χ2n) is 7.46. The molecule has 1 aliphatic heterocycles. The van der Waals surface area contributed by atoms with Crippen LogP contribution in [0.3, 0.4) is 0 Å². The zero-order chi connectivity index (χ0) is 23.3. The average molecular weight is 453 g/mol. The topological polar surface area (TPSA) is 223 Å². The van der Waals surface area contributed by atoms with Crippen molar-refractivity contribution in [3.8, 4) is 0 Å². The van der Waals surface area contributed by atoms with Crippen LogP contribution >= 0.6 is 0 Å². The van der Waals surface area contributed by atoms with Gasteiger partial charge in [-0.15, -0.1) is 10.2 Å². The third kappa shape index (κ3) is 3.56. The highest BCUT2D eigenvalue weighted by Gasteiger charge is 2.45. The van der Waals surface area contributed by atoms with E-state index >= 15 is 0 Å². The number of aromatic nitrogens is 5.